The zero-order valence-electron chi connectivity index (χ0n) is 23.6. The van der Waals surface area contributed by atoms with Gasteiger partial charge in [-0.05, 0) is 63.6 Å². The van der Waals surface area contributed by atoms with E-state index in [9.17, 15) is 32.8 Å². The van der Waals surface area contributed by atoms with Crippen LogP contribution in [0.3, 0.4) is 0 Å². The minimum atomic E-state index is -4.64. The average molecular weight is 587 g/mol. The summed E-state index contributed by atoms with van der Waals surface area (Å²) in [6.07, 6.45) is -1.88. The van der Waals surface area contributed by atoms with Crippen LogP contribution >= 0.6 is 0 Å². The number of halogens is 3. The van der Waals surface area contributed by atoms with E-state index in [0.717, 1.165) is 31.0 Å². The van der Waals surface area contributed by atoms with Crippen molar-refractivity contribution in [2.45, 2.75) is 69.8 Å². The van der Waals surface area contributed by atoms with Crippen LogP contribution in [-0.4, -0.2) is 71.3 Å². The topological polar surface area (TPSA) is 121 Å². The molecule has 42 heavy (non-hydrogen) atoms. The number of fused-ring (bicyclic) bond motifs is 1. The maximum atomic E-state index is 14.1. The minimum absolute atomic E-state index is 0.0453. The summed E-state index contributed by atoms with van der Waals surface area (Å²) in [5, 5.41) is 17.0. The second-order valence-electron chi connectivity index (χ2n) is 11.1. The quantitative estimate of drug-likeness (QED) is 0.526. The zero-order valence-corrected chi connectivity index (χ0v) is 23.6. The fourth-order valence-corrected chi connectivity index (χ4v) is 5.86. The third kappa shape index (κ3) is 5.35. The lowest BCUT2D eigenvalue weighted by molar-refractivity contribution is -0.137. The Kier molecular flexibility index (Phi) is 8.02. The Bertz CT molecular complexity index is 1420. The Morgan fingerprint density at radius 1 is 1.24 bits per heavy atom. The summed E-state index contributed by atoms with van der Waals surface area (Å²) in [4.78, 5) is 44.1. The fourth-order valence-electron chi connectivity index (χ4n) is 5.86. The first kappa shape index (κ1) is 29.6. The van der Waals surface area contributed by atoms with Crippen LogP contribution in [0.2, 0.25) is 0 Å². The molecule has 1 N–H and O–H groups in total. The van der Waals surface area contributed by atoms with Crippen molar-refractivity contribution < 1.29 is 32.3 Å². The Balaban J connectivity index is 1.62. The maximum absolute atomic E-state index is 14.1. The van der Waals surface area contributed by atoms with Crippen molar-refractivity contribution in [2.24, 2.45) is 5.92 Å². The molecule has 13 heteroatoms. The molecule has 1 saturated carbocycles. The standard InChI is InChI=1S/C29H33F3N6O4/c1-4-37-26-22(24(27(40)36(3)16(2)15-33)35-38(26)20-10-12-42-13-11-20)21(17-8-9-17)23(28(37)41)34-25(39)18-6-5-7-19(14-18)29(30,31)32/h5-7,14,16-17,20-21,23H,4,8-13H2,1-3H3,(H,34,39)/t16-,21?,23?/m0/s1. The maximum Gasteiger partial charge on any atom is 0.416 e. The van der Waals surface area contributed by atoms with Crippen molar-refractivity contribution in [3.63, 3.8) is 0 Å². The van der Waals surface area contributed by atoms with Gasteiger partial charge in [0.05, 0.1) is 17.7 Å². The van der Waals surface area contributed by atoms with Crippen molar-refractivity contribution >= 4 is 23.5 Å². The molecule has 3 aliphatic rings. The number of ether oxygens (including phenoxy) is 1. The van der Waals surface area contributed by atoms with Crippen molar-refractivity contribution in [3.8, 4) is 6.07 Å². The Labute approximate surface area is 241 Å². The number of hydrogen-bond acceptors (Lipinski definition) is 6. The summed E-state index contributed by atoms with van der Waals surface area (Å²) in [6.45, 7) is 4.58. The van der Waals surface area contributed by atoms with Gasteiger partial charge < -0.3 is 15.0 Å². The van der Waals surface area contributed by atoms with Gasteiger partial charge in [-0.3, -0.25) is 19.3 Å². The monoisotopic (exact) mass is 586 g/mol. The van der Waals surface area contributed by atoms with Crippen LogP contribution in [0.1, 0.15) is 83.5 Å². The Hall–Kier alpha value is -3.92. The van der Waals surface area contributed by atoms with Crippen LogP contribution in [0.25, 0.3) is 0 Å². The summed E-state index contributed by atoms with van der Waals surface area (Å²) < 4.78 is 47.3. The summed E-state index contributed by atoms with van der Waals surface area (Å²) >= 11 is 0. The van der Waals surface area contributed by atoms with Gasteiger partial charge in [0, 0.05) is 43.9 Å². The Morgan fingerprint density at radius 2 is 1.93 bits per heavy atom. The fraction of sp³-hybridized carbons (Fsp3) is 0.552. The van der Waals surface area contributed by atoms with Gasteiger partial charge in [-0.15, -0.1) is 0 Å². The van der Waals surface area contributed by atoms with Gasteiger partial charge in [0.2, 0.25) is 0 Å². The van der Waals surface area contributed by atoms with E-state index in [0.29, 0.717) is 37.4 Å². The predicted octanol–water partition coefficient (Wildman–Crippen LogP) is 3.90. The highest BCUT2D eigenvalue weighted by Crippen LogP contribution is 2.52. The molecule has 0 radical (unpaired) electrons. The summed E-state index contributed by atoms with van der Waals surface area (Å²) in [5.74, 6) is -1.88. The van der Waals surface area contributed by atoms with Crippen molar-refractivity contribution in [3.05, 3.63) is 46.6 Å². The molecule has 0 bridgehead atoms. The van der Waals surface area contributed by atoms with Crippen LogP contribution in [0.5, 0.6) is 0 Å². The molecule has 3 amide bonds. The number of carbonyl (C=O) groups excluding carboxylic acids is 3. The molecule has 1 saturated heterocycles. The molecule has 2 aliphatic heterocycles. The first-order valence-corrected chi connectivity index (χ1v) is 14.1. The minimum Gasteiger partial charge on any atom is -0.381 e. The van der Waals surface area contributed by atoms with Gasteiger partial charge in [-0.2, -0.15) is 23.5 Å². The van der Waals surface area contributed by atoms with E-state index < -0.39 is 47.5 Å². The molecular formula is C29H33F3N6O4. The molecule has 10 nitrogen and oxygen atoms in total. The second kappa shape index (κ2) is 11.4. The van der Waals surface area contributed by atoms with E-state index in [2.05, 4.69) is 11.4 Å². The molecule has 2 aromatic rings. The Morgan fingerprint density at radius 3 is 2.52 bits per heavy atom. The van der Waals surface area contributed by atoms with E-state index >= 15 is 0 Å². The van der Waals surface area contributed by atoms with Gasteiger partial charge in [0.1, 0.15) is 17.9 Å². The number of nitrogens with one attached hydrogen (secondary N) is 1. The van der Waals surface area contributed by atoms with Crippen LogP contribution in [0.4, 0.5) is 19.0 Å². The molecule has 1 aromatic carbocycles. The number of alkyl halides is 3. The lowest BCUT2D eigenvalue weighted by Crippen LogP contribution is -2.56. The van der Waals surface area contributed by atoms with E-state index in [1.165, 1.54) is 22.9 Å². The average Bonchev–Trinajstić information content (AvgIpc) is 3.76. The molecular weight excluding hydrogens is 553 g/mol. The highest BCUT2D eigenvalue weighted by atomic mass is 19.4. The molecule has 2 unspecified atom stereocenters. The van der Waals surface area contributed by atoms with Crippen molar-refractivity contribution in [2.75, 3.05) is 31.7 Å². The number of likely N-dealkylation sites (N-methyl/N-ethyl adjacent to an activating group) is 1. The number of amides is 3. The van der Waals surface area contributed by atoms with Crippen LogP contribution in [0.15, 0.2) is 24.3 Å². The van der Waals surface area contributed by atoms with Gasteiger partial charge in [0.15, 0.2) is 5.69 Å². The molecule has 3 atom stereocenters. The van der Waals surface area contributed by atoms with E-state index in [-0.39, 0.29) is 29.8 Å². The summed E-state index contributed by atoms with van der Waals surface area (Å²) in [7, 11) is 1.51. The highest BCUT2D eigenvalue weighted by molar-refractivity contribution is 6.07. The third-order valence-electron chi connectivity index (χ3n) is 8.41. The number of carbonyl (C=O) groups is 3. The number of anilines is 1. The molecule has 2 fully saturated rings. The molecule has 224 valence electrons. The number of aromatic nitrogens is 2. The van der Waals surface area contributed by atoms with Crippen LogP contribution < -0.4 is 10.2 Å². The molecule has 5 rings (SSSR count). The largest absolute Gasteiger partial charge is 0.416 e. The number of rotatable bonds is 7. The number of hydrogen-bond donors (Lipinski definition) is 1. The third-order valence-corrected chi connectivity index (χ3v) is 8.41. The van der Waals surface area contributed by atoms with Crippen molar-refractivity contribution in [1.29, 1.82) is 5.26 Å². The van der Waals surface area contributed by atoms with E-state index in [4.69, 9.17) is 9.84 Å². The smallest absolute Gasteiger partial charge is 0.381 e. The number of nitrogens with zero attached hydrogens (tertiary/aromatic N) is 5. The van der Waals surface area contributed by atoms with E-state index in [1.807, 2.05) is 0 Å². The molecule has 3 heterocycles. The van der Waals surface area contributed by atoms with Gasteiger partial charge in [-0.1, -0.05) is 6.07 Å². The lowest BCUT2D eigenvalue weighted by Gasteiger charge is -2.39. The molecule has 0 spiro atoms. The number of benzene rings is 1. The molecule has 1 aromatic heterocycles. The van der Waals surface area contributed by atoms with Gasteiger partial charge >= 0.3 is 6.18 Å². The predicted molar refractivity (Wildman–Crippen MR) is 145 cm³/mol. The summed E-state index contributed by atoms with van der Waals surface area (Å²) in [6, 6.07) is 4.11. The molecule has 1 aliphatic carbocycles. The van der Waals surface area contributed by atoms with E-state index in [1.54, 1.807) is 18.5 Å². The SMILES string of the molecule is CCN1C(=O)C(NC(=O)c2cccc(C(F)(F)F)c2)C(C2CC2)c2c(C(=O)N(C)[C@@H](C)C#N)nn(C3CCOCC3)c21. The first-order chi connectivity index (χ1) is 20.0. The van der Waals surface area contributed by atoms with Gasteiger partial charge in [0.25, 0.3) is 17.7 Å². The second-order valence-corrected chi connectivity index (χ2v) is 11.1. The van der Waals surface area contributed by atoms with Crippen LogP contribution in [-0.2, 0) is 15.7 Å². The highest BCUT2D eigenvalue weighted by Gasteiger charge is 2.52. The summed E-state index contributed by atoms with van der Waals surface area (Å²) in [5.41, 5.74) is -0.552. The van der Waals surface area contributed by atoms with Crippen molar-refractivity contribution in [1.82, 2.24) is 20.0 Å². The number of nitriles is 1. The first-order valence-electron chi connectivity index (χ1n) is 14.1. The zero-order chi connectivity index (χ0) is 30.3. The van der Waals surface area contributed by atoms with Crippen LogP contribution in [0, 0.1) is 17.2 Å². The lowest BCUT2D eigenvalue weighted by atomic mass is 9.82. The normalized spacial score (nSPS) is 21.8. The van der Waals surface area contributed by atoms with Gasteiger partial charge in [-0.25, -0.2) is 4.68 Å².